The van der Waals surface area contributed by atoms with Crippen LogP contribution in [0.15, 0.2) is 48.5 Å². The van der Waals surface area contributed by atoms with E-state index in [4.69, 9.17) is 27.9 Å². The lowest BCUT2D eigenvalue weighted by Crippen LogP contribution is -2.49. The Morgan fingerprint density at radius 1 is 1.10 bits per heavy atom. The number of rotatable bonds is 10. The number of amides is 2. The zero-order valence-electron chi connectivity index (χ0n) is 16.7. The van der Waals surface area contributed by atoms with Gasteiger partial charge in [0, 0.05) is 23.1 Å². The van der Waals surface area contributed by atoms with Crippen molar-refractivity contribution in [2.75, 3.05) is 13.2 Å². The monoisotopic (exact) mass is 436 g/mol. The summed E-state index contributed by atoms with van der Waals surface area (Å²) in [5.41, 5.74) is 0.835. The Labute approximate surface area is 181 Å². The van der Waals surface area contributed by atoms with E-state index in [-0.39, 0.29) is 25.0 Å². The number of carbonyl (C=O) groups excluding carboxylic acids is 2. The van der Waals surface area contributed by atoms with Crippen LogP contribution in [0.25, 0.3) is 0 Å². The molecule has 2 rings (SSSR count). The number of ether oxygens (including phenoxy) is 1. The molecule has 0 heterocycles. The average Bonchev–Trinajstić information content (AvgIpc) is 2.70. The fourth-order valence-corrected chi connectivity index (χ4v) is 3.13. The van der Waals surface area contributed by atoms with E-state index in [2.05, 4.69) is 12.2 Å². The first-order chi connectivity index (χ1) is 13.9. The molecule has 0 bridgehead atoms. The second-order valence-corrected chi connectivity index (χ2v) is 7.59. The smallest absolute Gasteiger partial charge is 0.261 e. The zero-order valence-corrected chi connectivity index (χ0v) is 18.2. The third-order valence-corrected chi connectivity index (χ3v) is 4.87. The zero-order chi connectivity index (χ0) is 21.2. The third-order valence-electron chi connectivity index (χ3n) is 4.40. The number of nitrogens with zero attached hydrogens (tertiary/aromatic N) is 1. The molecule has 0 fully saturated rings. The van der Waals surface area contributed by atoms with Gasteiger partial charge in [0.15, 0.2) is 6.61 Å². The van der Waals surface area contributed by atoms with Gasteiger partial charge in [0.2, 0.25) is 5.91 Å². The molecule has 0 aliphatic heterocycles. The summed E-state index contributed by atoms with van der Waals surface area (Å²) in [5, 5.41) is 3.98. The van der Waals surface area contributed by atoms with Crippen LogP contribution in [-0.4, -0.2) is 35.9 Å². The van der Waals surface area contributed by atoms with Crippen LogP contribution in [0.3, 0.4) is 0 Å². The predicted molar refractivity (Wildman–Crippen MR) is 116 cm³/mol. The summed E-state index contributed by atoms with van der Waals surface area (Å²) in [5.74, 6) is -0.00622. The lowest BCUT2D eigenvalue weighted by atomic mass is 10.1. The van der Waals surface area contributed by atoms with Crippen LogP contribution in [0.2, 0.25) is 10.0 Å². The van der Waals surface area contributed by atoms with Gasteiger partial charge in [0.1, 0.15) is 11.8 Å². The molecule has 2 aromatic carbocycles. The molecule has 0 unspecified atom stereocenters. The van der Waals surface area contributed by atoms with Crippen molar-refractivity contribution >= 4 is 35.0 Å². The van der Waals surface area contributed by atoms with E-state index in [1.807, 2.05) is 12.1 Å². The van der Waals surface area contributed by atoms with Crippen molar-refractivity contribution in [3.8, 4) is 5.75 Å². The van der Waals surface area contributed by atoms with Crippen LogP contribution >= 0.6 is 23.2 Å². The molecule has 0 saturated heterocycles. The van der Waals surface area contributed by atoms with E-state index < -0.39 is 6.04 Å². The third kappa shape index (κ3) is 7.59. The van der Waals surface area contributed by atoms with Gasteiger partial charge in [-0.25, -0.2) is 0 Å². The Bertz CT molecular complexity index is 829. The molecule has 1 N–H and O–H groups in total. The van der Waals surface area contributed by atoms with Gasteiger partial charge >= 0.3 is 0 Å². The van der Waals surface area contributed by atoms with E-state index in [9.17, 15) is 9.59 Å². The van der Waals surface area contributed by atoms with Crippen molar-refractivity contribution in [2.45, 2.75) is 39.3 Å². The van der Waals surface area contributed by atoms with Crippen LogP contribution in [0.5, 0.6) is 5.75 Å². The summed E-state index contributed by atoms with van der Waals surface area (Å²) in [6.45, 7) is 4.40. The second kappa shape index (κ2) is 11.7. The minimum absolute atomic E-state index is 0.198. The van der Waals surface area contributed by atoms with Crippen molar-refractivity contribution in [2.24, 2.45) is 0 Å². The number of hydrogen-bond acceptors (Lipinski definition) is 3. The number of carbonyl (C=O) groups is 2. The molecular formula is C22H26Cl2N2O3. The van der Waals surface area contributed by atoms with Crippen LogP contribution in [-0.2, 0) is 16.1 Å². The standard InChI is InChI=1S/C22H26Cl2N2O3/c1-3-4-11-25-22(28)16(2)26(14-17-7-5-8-18(23)12-17)21(27)15-29-20-10-6-9-19(24)13-20/h5-10,12-13,16H,3-4,11,14-15H2,1-2H3,(H,25,28)/t16-/m0/s1. The van der Waals surface area contributed by atoms with Gasteiger partial charge in [-0.3, -0.25) is 9.59 Å². The van der Waals surface area contributed by atoms with Gasteiger partial charge in [0.25, 0.3) is 5.91 Å². The molecule has 29 heavy (non-hydrogen) atoms. The van der Waals surface area contributed by atoms with E-state index in [1.165, 1.54) is 4.90 Å². The molecule has 7 heteroatoms. The second-order valence-electron chi connectivity index (χ2n) is 6.72. The molecule has 156 valence electrons. The van der Waals surface area contributed by atoms with Crippen molar-refractivity contribution in [3.05, 3.63) is 64.1 Å². The highest BCUT2D eigenvalue weighted by molar-refractivity contribution is 6.30. The first kappa shape index (κ1) is 23.0. The molecular weight excluding hydrogens is 411 g/mol. The highest BCUT2D eigenvalue weighted by atomic mass is 35.5. The van der Waals surface area contributed by atoms with Crippen molar-refractivity contribution in [3.63, 3.8) is 0 Å². The first-order valence-corrected chi connectivity index (χ1v) is 10.4. The molecule has 2 aromatic rings. The maximum Gasteiger partial charge on any atom is 0.261 e. The molecule has 2 amide bonds. The van der Waals surface area contributed by atoms with Gasteiger partial charge in [0.05, 0.1) is 0 Å². The van der Waals surface area contributed by atoms with Crippen LogP contribution in [0.1, 0.15) is 32.3 Å². The Morgan fingerprint density at radius 2 is 1.79 bits per heavy atom. The summed E-state index contributed by atoms with van der Waals surface area (Å²) in [7, 11) is 0. The number of unbranched alkanes of at least 4 members (excludes halogenated alkanes) is 1. The summed E-state index contributed by atoms with van der Waals surface area (Å²) in [6, 6.07) is 13.4. The molecule has 5 nitrogen and oxygen atoms in total. The summed E-state index contributed by atoms with van der Waals surface area (Å²) in [4.78, 5) is 27.0. The summed E-state index contributed by atoms with van der Waals surface area (Å²) in [6.07, 6.45) is 1.87. The highest BCUT2D eigenvalue weighted by Gasteiger charge is 2.26. The van der Waals surface area contributed by atoms with E-state index in [1.54, 1.807) is 43.3 Å². The van der Waals surface area contributed by atoms with E-state index in [0.29, 0.717) is 22.3 Å². The van der Waals surface area contributed by atoms with Gasteiger partial charge in [-0.15, -0.1) is 0 Å². The normalized spacial score (nSPS) is 11.6. The number of hydrogen-bond donors (Lipinski definition) is 1. The molecule has 0 aliphatic rings. The molecule has 0 spiro atoms. The molecule has 0 aliphatic carbocycles. The van der Waals surface area contributed by atoms with Crippen molar-refractivity contribution in [1.29, 1.82) is 0 Å². The number of benzene rings is 2. The summed E-state index contributed by atoms with van der Waals surface area (Å²) >= 11 is 12.0. The van der Waals surface area contributed by atoms with Gasteiger partial charge in [-0.2, -0.15) is 0 Å². The van der Waals surface area contributed by atoms with Crippen molar-refractivity contribution < 1.29 is 14.3 Å². The van der Waals surface area contributed by atoms with E-state index >= 15 is 0 Å². The van der Waals surface area contributed by atoms with Crippen LogP contribution in [0.4, 0.5) is 0 Å². The largest absolute Gasteiger partial charge is 0.484 e. The maximum atomic E-state index is 12.9. The van der Waals surface area contributed by atoms with Gasteiger partial charge < -0.3 is 15.0 Å². The minimum atomic E-state index is -0.652. The lowest BCUT2D eigenvalue weighted by Gasteiger charge is -2.28. The topological polar surface area (TPSA) is 58.6 Å². The SMILES string of the molecule is CCCCNC(=O)[C@H](C)N(Cc1cccc(Cl)c1)C(=O)COc1cccc(Cl)c1. The quantitative estimate of drug-likeness (QED) is 0.548. The fraction of sp³-hybridized carbons (Fsp3) is 0.364. The number of halogens is 2. The van der Waals surface area contributed by atoms with E-state index in [0.717, 1.165) is 18.4 Å². The summed E-state index contributed by atoms with van der Waals surface area (Å²) < 4.78 is 5.59. The predicted octanol–water partition coefficient (Wildman–Crippen LogP) is 4.71. The maximum absolute atomic E-state index is 12.9. The Balaban J connectivity index is 2.11. The molecule has 0 aromatic heterocycles. The molecule has 1 atom stereocenters. The Kier molecular flexibility index (Phi) is 9.29. The van der Waals surface area contributed by atoms with Gasteiger partial charge in [-0.1, -0.05) is 54.7 Å². The minimum Gasteiger partial charge on any atom is -0.484 e. The fourth-order valence-electron chi connectivity index (χ4n) is 2.74. The van der Waals surface area contributed by atoms with Crippen LogP contribution < -0.4 is 10.1 Å². The lowest BCUT2D eigenvalue weighted by molar-refractivity contribution is -0.142. The number of nitrogens with one attached hydrogen (secondary N) is 1. The molecule has 0 radical (unpaired) electrons. The van der Waals surface area contributed by atoms with Crippen LogP contribution in [0, 0.1) is 0 Å². The highest BCUT2D eigenvalue weighted by Crippen LogP contribution is 2.18. The average molecular weight is 437 g/mol. The first-order valence-electron chi connectivity index (χ1n) is 9.60. The molecule has 0 saturated carbocycles. The Hall–Kier alpha value is -2.24. The van der Waals surface area contributed by atoms with Crippen molar-refractivity contribution in [1.82, 2.24) is 10.2 Å². The Morgan fingerprint density at radius 3 is 2.45 bits per heavy atom. The van der Waals surface area contributed by atoms with Gasteiger partial charge in [-0.05, 0) is 49.2 Å².